The molecule has 0 aliphatic rings. The highest BCUT2D eigenvalue weighted by molar-refractivity contribution is 5.43. The van der Waals surface area contributed by atoms with Crippen LogP contribution in [0.5, 0.6) is 11.5 Å². The molecule has 2 N–H and O–H groups in total. The van der Waals surface area contributed by atoms with Gasteiger partial charge in [0.2, 0.25) is 0 Å². The summed E-state index contributed by atoms with van der Waals surface area (Å²) in [4.78, 5) is 0. The molecule has 0 saturated heterocycles. The Hall–Kier alpha value is -2.04. The van der Waals surface area contributed by atoms with Gasteiger partial charge in [-0.05, 0) is 49.3 Å². The first-order valence-corrected chi connectivity index (χ1v) is 8.58. The molecule has 0 aromatic heterocycles. The van der Waals surface area contributed by atoms with Crippen LogP contribution in [-0.2, 0) is 13.2 Å². The van der Waals surface area contributed by atoms with Crippen LogP contribution in [0.4, 0.5) is 0 Å². The summed E-state index contributed by atoms with van der Waals surface area (Å²) in [6.45, 7) is 6.59. The van der Waals surface area contributed by atoms with Crippen molar-refractivity contribution in [1.82, 2.24) is 10.6 Å². The number of benzene rings is 2. The van der Waals surface area contributed by atoms with Crippen molar-refractivity contribution < 1.29 is 9.47 Å². The van der Waals surface area contributed by atoms with Crippen molar-refractivity contribution in [3.05, 3.63) is 59.7 Å². The molecule has 0 fully saturated rings. The van der Waals surface area contributed by atoms with Gasteiger partial charge in [0.1, 0.15) is 6.61 Å². The van der Waals surface area contributed by atoms with Crippen LogP contribution in [0.3, 0.4) is 0 Å². The lowest BCUT2D eigenvalue weighted by Crippen LogP contribution is -2.21. The molecule has 4 heteroatoms. The molecule has 0 heterocycles. The number of methoxy groups -OCH3 is 1. The van der Waals surface area contributed by atoms with Gasteiger partial charge in [-0.2, -0.15) is 0 Å². The zero-order chi connectivity index (χ0) is 17.0. The van der Waals surface area contributed by atoms with E-state index in [1.807, 2.05) is 30.3 Å². The molecule has 0 radical (unpaired) electrons. The summed E-state index contributed by atoms with van der Waals surface area (Å²) in [6, 6.07) is 16.2. The highest BCUT2D eigenvalue weighted by Crippen LogP contribution is 2.28. The molecule has 0 saturated carbocycles. The maximum atomic E-state index is 5.89. The Morgan fingerprint density at radius 3 is 2.42 bits per heavy atom. The largest absolute Gasteiger partial charge is 0.493 e. The van der Waals surface area contributed by atoms with Gasteiger partial charge in [0.25, 0.3) is 0 Å². The van der Waals surface area contributed by atoms with Gasteiger partial charge in [-0.25, -0.2) is 0 Å². The fourth-order valence-electron chi connectivity index (χ4n) is 2.42. The van der Waals surface area contributed by atoms with E-state index < -0.39 is 0 Å². The molecule has 0 amide bonds. The van der Waals surface area contributed by atoms with Crippen LogP contribution < -0.4 is 20.1 Å². The second-order valence-electron chi connectivity index (χ2n) is 5.64. The van der Waals surface area contributed by atoms with E-state index >= 15 is 0 Å². The Bertz CT molecular complexity index is 587. The smallest absolute Gasteiger partial charge is 0.161 e. The normalized spacial score (nSPS) is 10.6. The maximum Gasteiger partial charge on any atom is 0.161 e. The van der Waals surface area contributed by atoms with Crippen LogP contribution >= 0.6 is 0 Å². The molecule has 0 aliphatic heterocycles. The van der Waals surface area contributed by atoms with E-state index in [1.54, 1.807) is 7.11 Å². The molecule has 24 heavy (non-hydrogen) atoms. The first-order valence-electron chi connectivity index (χ1n) is 8.58. The van der Waals surface area contributed by atoms with Gasteiger partial charge in [0, 0.05) is 6.54 Å². The Morgan fingerprint density at radius 1 is 0.875 bits per heavy atom. The topological polar surface area (TPSA) is 42.5 Å². The lowest BCUT2D eigenvalue weighted by atomic mass is 10.2. The van der Waals surface area contributed by atoms with Gasteiger partial charge in [-0.3, -0.25) is 0 Å². The molecule has 0 spiro atoms. The molecule has 130 valence electrons. The minimum absolute atomic E-state index is 0.541. The molecular weight excluding hydrogens is 300 g/mol. The monoisotopic (exact) mass is 328 g/mol. The van der Waals surface area contributed by atoms with E-state index in [0.717, 1.165) is 49.7 Å². The molecule has 2 aromatic carbocycles. The van der Waals surface area contributed by atoms with Crippen molar-refractivity contribution in [1.29, 1.82) is 0 Å². The van der Waals surface area contributed by atoms with Crippen LogP contribution in [0.2, 0.25) is 0 Å². The Kier molecular flexibility index (Phi) is 8.15. The Labute approximate surface area is 145 Å². The Morgan fingerprint density at radius 2 is 1.67 bits per heavy atom. The molecule has 0 aliphatic carbocycles. The second kappa shape index (κ2) is 10.7. The highest BCUT2D eigenvalue weighted by atomic mass is 16.5. The average Bonchev–Trinajstić information content (AvgIpc) is 2.64. The van der Waals surface area contributed by atoms with E-state index in [9.17, 15) is 0 Å². The van der Waals surface area contributed by atoms with Crippen LogP contribution in [0.1, 0.15) is 24.5 Å². The van der Waals surface area contributed by atoms with Gasteiger partial charge in [-0.15, -0.1) is 0 Å². The predicted molar refractivity (Wildman–Crippen MR) is 98.6 cm³/mol. The van der Waals surface area contributed by atoms with E-state index in [4.69, 9.17) is 9.47 Å². The van der Waals surface area contributed by atoms with Gasteiger partial charge in [0.15, 0.2) is 11.5 Å². The Balaban J connectivity index is 1.83. The number of hydrogen-bond donors (Lipinski definition) is 2. The summed E-state index contributed by atoms with van der Waals surface area (Å²) in [5.74, 6) is 1.55. The lowest BCUT2D eigenvalue weighted by molar-refractivity contribution is 0.284. The van der Waals surface area contributed by atoms with Crippen molar-refractivity contribution in [3.8, 4) is 11.5 Å². The summed E-state index contributed by atoms with van der Waals surface area (Å²) in [6.07, 6.45) is 1.13. The minimum Gasteiger partial charge on any atom is -0.493 e. The third-order valence-corrected chi connectivity index (χ3v) is 3.75. The fraction of sp³-hybridized carbons (Fsp3) is 0.400. The summed E-state index contributed by atoms with van der Waals surface area (Å²) < 4.78 is 11.4. The first kappa shape index (κ1) is 18.3. The van der Waals surface area contributed by atoms with Crippen LogP contribution in [0, 0.1) is 0 Å². The summed E-state index contributed by atoms with van der Waals surface area (Å²) in [5, 5.41) is 6.78. The molecular formula is C20H28N2O2. The fourth-order valence-corrected chi connectivity index (χ4v) is 2.42. The lowest BCUT2D eigenvalue weighted by Gasteiger charge is -2.13. The van der Waals surface area contributed by atoms with Crippen molar-refractivity contribution in [3.63, 3.8) is 0 Å². The number of nitrogens with one attached hydrogen (secondary N) is 2. The maximum absolute atomic E-state index is 5.89. The molecule has 0 bridgehead atoms. The highest BCUT2D eigenvalue weighted by Gasteiger charge is 2.06. The molecule has 0 unspecified atom stereocenters. The van der Waals surface area contributed by atoms with Crippen LogP contribution in [0.15, 0.2) is 48.5 Å². The van der Waals surface area contributed by atoms with Gasteiger partial charge in [0.05, 0.1) is 7.11 Å². The predicted octanol–water partition coefficient (Wildman–Crippen LogP) is 3.36. The van der Waals surface area contributed by atoms with Crippen molar-refractivity contribution in [2.24, 2.45) is 0 Å². The first-order chi connectivity index (χ1) is 11.8. The third-order valence-electron chi connectivity index (χ3n) is 3.75. The van der Waals surface area contributed by atoms with E-state index in [-0.39, 0.29) is 0 Å². The summed E-state index contributed by atoms with van der Waals surface area (Å²) >= 11 is 0. The van der Waals surface area contributed by atoms with E-state index in [0.29, 0.717) is 6.61 Å². The average molecular weight is 328 g/mol. The van der Waals surface area contributed by atoms with Crippen LogP contribution in [0.25, 0.3) is 0 Å². The van der Waals surface area contributed by atoms with E-state index in [1.165, 1.54) is 5.56 Å². The number of hydrogen-bond acceptors (Lipinski definition) is 4. The van der Waals surface area contributed by atoms with Crippen molar-refractivity contribution >= 4 is 0 Å². The summed E-state index contributed by atoms with van der Waals surface area (Å²) in [7, 11) is 1.68. The zero-order valence-corrected chi connectivity index (χ0v) is 14.7. The molecule has 2 aromatic rings. The van der Waals surface area contributed by atoms with Crippen molar-refractivity contribution in [2.45, 2.75) is 26.5 Å². The van der Waals surface area contributed by atoms with Crippen molar-refractivity contribution in [2.75, 3.05) is 26.7 Å². The number of rotatable bonds is 11. The zero-order valence-electron chi connectivity index (χ0n) is 14.7. The third kappa shape index (κ3) is 6.22. The van der Waals surface area contributed by atoms with E-state index in [2.05, 4.69) is 35.8 Å². The van der Waals surface area contributed by atoms with Gasteiger partial charge < -0.3 is 20.1 Å². The van der Waals surface area contributed by atoms with Crippen LogP contribution in [-0.4, -0.2) is 26.7 Å². The van der Waals surface area contributed by atoms with Gasteiger partial charge in [-0.1, -0.05) is 43.3 Å². The summed E-state index contributed by atoms with van der Waals surface area (Å²) in [5.41, 5.74) is 2.34. The van der Waals surface area contributed by atoms with Gasteiger partial charge >= 0.3 is 0 Å². The SMILES string of the molecule is CCNCCCNCc1ccc(OCc2ccccc2)c(OC)c1. The molecule has 0 atom stereocenters. The standard InChI is InChI=1S/C20H28N2O2/c1-3-21-12-7-13-22-15-18-10-11-19(20(14-18)23-2)24-16-17-8-5-4-6-9-17/h4-6,8-11,14,21-22H,3,7,12-13,15-16H2,1-2H3. The minimum atomic E-state index is 0.541. The molecule has 2 rings (SSSR count). The quantitative estimate of drug-likeness (QED) is 0.621. The molecule has 4 nitrogen and oxygen atoms in total. The second-order valence-corrected chi connectivity index (χ2v) is 5.64. The number of ether oxygens (including phenoxy) is 2.